The van der Waals surface area contributed by atoms with Crippen molar-refractivity contribution in [3.63, 3.8) is 0 Å². The Morgan fingerprint density at radius 1 is 1.60 bits per heavy atom. The van der Waals surface area contributed by atoms with Crippen LogP contribution < -0.4 is 11.1 Å². The van der Waals surface area contributed by atoms with E-state index in [1.165, 1.54) is 11.1 Å². The van der Waals surface area contributed by atoms with Crippen LogP contribution in [0.1, 0.15) is 19.8 Å². The number of nitrogens with one attached hydrogen (secondary N) is 2. The molecule has 0 aromatic carbocycles. The third-order valence-electron chi connectivity index (χ3n) is 2.32. The van der Waals surface area contributed by atoms with E-state index in [2.05, 4.69) is 39.6 Å². The molecule has 2 rings (SSSR count). The molecule has 1 heterocycles. The lowest BCUT2D eigenvalue weighted by atomic mass is 10.2. The van der Waals surface area contributed by atoms with Crippen molar-refractivity contribution in [3.8, 4) is 0 Å². The molecule has 15 heavy (non-hydrogen) atoms. The summed E-state index contributed by atoms with van der Waals surface area (Å²) in [4.78, 5) is 3.95. The van der Waals surface area contributed by atoms with E-state index in [1.54, 1.807) is 0 Å². The third kappa shape index (κ3) is 2.59. The van der Waals surface area contributed by atoms with Crippen LogP contribution in [-0.4, -0.2) is 21.7 Å². The lowest BCUT2D eigenvalue weighted by Gasteiger charge is -2.00. The smallest absolute Gasteiger partial charge is 0.243 e. The van der Waals surface area contributed by atoms with Crippen LogP contribution in [0.3, 0.4) is 0 Å². The molecule has 0 amide bonds. The number of anilines is 2. The summed E-state index contributed by atoms with van der Waals surface area (Å²) in [6.07, 6.45) is 6.56. The molecule has 1 aliphatic rings. The first kappa shape index (κ1) is 9.76. The standard InChI is InChI=1S/C10H15N5/c1-7-2-3-8(6-7)4-5-12-10-13-9(11)14-15-10/h3,6H,2,4-5H2,1H3,(H4,11,12,13,14,15). The van der Waals surface area contributed by atoms with E-state index in [-0.39, 0.29) is 0 Å². The molecule has 0 fully saturated rings. The Balaban J connectivity index is 1.76. The van der Waals surface area contributed by atoms with Crippen LogP contribution in [0.5, 0.6) is 0 Å². The highest BCUT2D eigenvalue weighted by atomic mass is 15.3. The van der Waals surface area contributed by atoms with Crippen LogP contribution in [0.2, 0.25) is 0 Å². The maximum absolute atomic E-state index is 5.40. The number of hydrogen-bond donors (Lipinski definition) is 3. The first-order valence-electron chi connectivity index (χ1n) is 5.02. The minimum atomic E-state index is 0.341. The highest BCUT2D eigenvalue weighted by Crippen LogP contribution is 2.18. The molecule has 1 aliphatic carbocycles. The minimum absolute atomic E-state index is 0.341. The fourth-order valence-corrected chi connectivity index (χ4v) is 1.57. The fourth-order valence-electron chi connectivity index (χ4n) is 1.57. The summed E-state index contributed by atoms with van der Waals surface area (Å²) in [7, 11) is 0. The number of hydrogen-bond acceptors (Lipinski definition) is 4. The Hall–Kier alpha value is -1.78. The predicted molar refractivity (Wildman–Crippen MR) is 60.4 cm³/mol. The van der Waals surface area contributed by atoms with Gasteiger partial charge in [0.25, 0.3) is 0 Å². The van der Waals surface area contributed by atoms with Crippen LogP contribution in [-0.2, 0) is 0 Å². The van der Waals surface area contributed by atoms with Gasteiger partial charge in [-0.1, -0.05) is 17.7 Å². The van der Waals surface area contributed by atoms with E-state index in [9.17, 15) is 0 Å². The van der Waals surface area contributed by atoms with Gasteiger partial charge in [0.15, 0.2) is 0 Å². The quantitative estimate of drug-likeness (QED) is 0.695. The average molecular weight is 205 g/mol. The average Bonchev–Trinajstić information content (AvgIpc) is 2.76. The van der Waals surface area contributed by atoms with Gasteiger partial charge in [-0.3, -0.25) is 0 Å². The second kappa shape index (κ2) is 4.16. The molecule has 0 atom stereocenters. The van der Waals surface area contributed by atoms with Crippen molar-refractivity contribution in [1.82, 2.24) is 15.2 Å². The molecule has 80 valence electrons. The van der Waals surface area contributed by atoms with E-state index < -0.39 is 0 Å². The van der Waals surface area contributed by atoms with Crippen molar-refractivity contribution in [2.24, 2.45) is 0 Å². The number of aromatic amines is 1. The summed E-state index contributed by atoms with van der Waals surface area (Å²) in [5.74, 6) is 0.903. The number of rotatable bonds is 4. The Morgan fingerprint density at radius 2 is 2.47 bits per heavy atom. The molecular formula is C10H15N5. The number of nitrogens with two attached hydrogens (primary N) is 1. The van der Waals surface area contributed by atoms with Gasteiger partial charge < -0.3 is 11.1 Å². The van der Waals surface area contributed by atoms with Gasteiger partial charge in [-0.25, -0.2) is 5.10 Å². The van der Waals surface area contributed by atoms with E-state index in [0.29, 0.717) is 11.9 Å². The summed E-state index contributed by atoms with van der Waals surface area (Å²) in [6, 6.07) is 0. The lowest BCUT2D eigenvalue weighted by Crippen LogP contribution is -2.03. The summed E-state index contributed by atoms with van der Waals surface area (Å²) in [5, 5.41) is 9.57. The van der Waals surface area contributed by atoms with Crippen LogP contribution in [0.4, 0.5) is 11.9 Å². The molecule has 5 heteroatoms. The van der Waals surface area contributed by atoms with E-state index >= 15 is 0 Å². The van der Waals surface area contributed by atoms with Crippen LogP contribution >= 0.6 is 0 Å². The number of nitrogens with zero attached hydrogens (tertiary/aromatic N) is 2. The van der Waals surface area contributed by atoms with Gasteiger partial charge in [0, 0.05) is 6.54 Å². The zero-order valence-electron chi connectivity index (χ0n) is 8.75. The normalized spacial score (nSPS) is 15.0. The van der Waals surface area contributed by atoms with Crippen molar-refractivity contribution >= 4 is 11.9 Å². The highest BCUT2D eigenvalue weighted by Gasteiger charge is 2.03. The monoisotopic (exact) mass is 205 g/mol. The number of aromatic nitrogens is 3. The third-order valence-corrected chi connectivity index (χ3v) is 2.32. The molecule has 0 bridgehead atoms. The molecule has 0 saturated heterocycles. The van der Waals surface area contributed by atoms with Crippen LogP contribution in [0.15, 0.2) is 23.3 Å². The number of nitrogen functional groups attached to an aromatic ring is 1. The van der Waals surface area contributed by atoms with E-state index in [4.69, 9.17) is 5.73 Å². The van der Waals surface area contributed by atoms with Gasteiger partial charge in [-0.05, 0) is 25.3 Å². The molecule has 0 aliphatic heterocycles. The van der Waals surface area contributed by atoms with Gasteiger partial charge >= 0.3 is 0 Å². The predicted octanol–water partition coefficient (Wildman–Crippen LogP) is 1.47. The molecule has 0 radical (unpaired) electrons. The van der Waals surface area contributed by atoms with Gasteiger partial charge in [0.1, 0.15) is 0 Å². The van der Waals surface area contributed by atoms with Crippen molar-refractivity contribution in [2.45, 2.75) is 19.8 Å². The summed E-state index contributed by atoms with van der Waals surface area (Å²) in [5.41, 5.74) is 8.20. The Morgan fingerprint density at radius 3 is 3.07 bits per heavy atom. The zero-order valence-corrected chi connectivity index (χ0v) is 8.75. The second-order valence-electron chi connectivity index (χ2n) is 3.69. The Labute approximate surface area is 88.5 Å². The maximum Gasteiger partial charge on any atom is 0.243 e. The minimum Gasteiger partial charge on any atom is -0.368 e. The van der Waals surface area contributed by atoms with E-state index in [0.717, 1.165) is 19.4 Å². The van der Waals surface area contributed by atoms with Gasteiger partial charge in [-0.15, -0.1) is 5.10 Å². The lowest BCUT2D eigenvalue weighted by molar-refractivity contribution is 0.989. The second-order valence-corrected chi connectivity index (χ2v) is 3.69. The molecule has 4 N–H and O–H groups in total. The summed E-state index contributed by atoms with van der Waals surface area (Å²) < 4.78 is 0. The van der Waals surface area contributed by atoms with Crippen molar-refractivity contribution in [3.05, 3.63) is 23.3 Å². The van der Waals surface area contributed by atoms with Crippen molar-refractivity contribution in [1.29, 1.82) is 0 Å². The Kier molecular flexibility index (Phi) is 2.71. The number of allylic oxidation sites excluding steroid dienone is 3. The van der Waals surface area contributed by atoms with Crippen LogP contribution in [0.25, 0.3) is 0 Å². The Bertz CT molecular complexity index is 402. The molecule has 0 spiro atoms. The van der Waals surface area contributed by atoms with Crippen molar-refractivity contribution in [2.75, 3.05) is 17.6 Å². The van der Waals surface area contributed by atoms with E-state index in [1.807, 2.05) is 0 Å². The first-order valence-corrected chi connectivity index (χ1v) is 5.02. The van der Waals surface area contributed by atoms with Gasteiger partial charge in [-0.2, -0.15) is 4.98 Å². The molecule has 0 saturated carbocycles. The highest BCUT2D eigenvalue weighted by molar-refractivity contribution is 5.34. The fraction of sp³-hybridized carbons (Fsp3) is 0.400. The molecule has 1 aromatic heterocycles. The topological polar surface area (TPSA) is 79.6 Å². The molecule has 0 unspecified atom stereocenters. The van der Waals surface area contributed by atoms with Gasteiger partial charge in [0.2, 0.25) is 11.9 Å². The molecular weight excluding hydrogens is 190 g/mol. The first-order chi connectivity index (χ1) is 7.24. The SMILES string of the molecule is CC1=CC(CCNc2n[nH]c(N)n2)=CC1. The van der Waals surface area contributed by atoms with Crippen molar-refractivity contribution < 1.29 is 0 Å². The van der Waals surface area contributed by atoms with Crippen LogP contribution in [0, 0.1) is 0 Å². The summed E-state index contributed by atoms with van der Waals surface area (Å²) >= 11 is 0. The number of H-pyrrole nitrogens is 1. The largest absolute Gasteiger partial charge is 0.368 e. The molecule has 1 aromatic rings. The molecule has 5 nitrogen and oxygen atoms in total. The van der Waals surface area contributed by atoms with Gasteiger partial charge in [0.05, 0.1) is 0 Å². The maximum atomic E-state index is 5.40. The summed E-state index contributed by atoms with van der Waals surface area (Å²) in [6.45, 7) is 2.97. The zero-order chi connectivity index (χ0) is 10.7.